The molecule has 4 rings (SSSR count). The molecule has 3 nitrogen and oxygen atoms in total. The van der Waals surface area contributed by atoms with Gasteiger partial charge in [0.15, 0.2) is 0 Å². The second-order valence-corrected chi connectivity index (χ2v) is 8.55. The Bertz CT molecular complexity index is 1130. The van der Waals surface area contributed by atoms with Crippen LogP contribution in [0.5, 0.6) is 0 Å². The molecule has 6 heteroatoms. The maximum Gasteiger partial charge on any atom is 0.268 e. The summed E-state index contributed by atoms with van der Waals surface area (Å²) in [5.41, 5.74) is 3.00. The van der Waals surface area contributed by atoms with Gasteiger partial charge in [-0.1, -0.05) is 66.2 Å². The number of hydrogen-bond acceptors (Lipinski definition) is 3. The Morgan fingerprint density at radius 2 is 1.48 bits per heavy atom. The van der Waals surface area contributed by atoms with E-state index in [1.54, 1.807) is 36.4 Å². The zero-order valence-corrected chi connectivity index (χ0v) is 18.1. The number of nitrogens with zero attached hydrogens (tertiary/aromatic N) is 1. The molecule has 0 spiro atoms. The van der Waals surface area contributed by atoms with Gasteiger partial charge in [-0.3, -0.25) is 14.5 Å². The van der Waals surface area contributed by atoms with Crippen molar-refractivity contribution in [3.8, 4) is 0 Å². The van der Waals surface area contributed by atoms with Gasteiger partial charge in [0.2, 0.25) is 0 Å². The number of carbonyl (C=O) groups excluding carboxylic acids is 2. The molecule has 3 aromatic rings. The first kappa shape index (κ1) is 21.3. The molecule has 0 atom stereocenters. The highest BCUT2D eigenvalue weighted by atomic mass is 35.5. The van der Waals surface area contributed by atoms with Gasteiger partial charge in [-0.05, 0) is 47.4 Å². The van der Waals surface area contributed by atoms with Crippen LogP contribution in [0.1, 0.15) is 16.7 Å². The first-order valence-corrected chi connectivity index (χ1v) is 11.2. The molecular weight excluding hydrogens is 433 g/mol. The first-order chi connectivity index (χ1) is 15.0. The lowest BCUT2D eigenvalue weighted by Crippen LogP contribution is -2.33. The molecule has 0 radical (unpaired) electrons. The van der Waals surface area contributed by atoms with Gasteiger partial charge in [-0.15, -0.1) is 11.8 Å². The maximum absolute atomic E-state index is 13.2. The highest BCUT2D eigenvalue weighted by molar-refractivity contribution is 8.03. The van der Waals surface area contributed by atoms with Gasteiger partial charge in [0.05, 0.1) is 10.5 Å². The fourth-order valence-electron chi connectivity index (χ4n) is 3.38. The Hall–Kier alpha value is -2.89. The van der Waals surface area contributed by atoms with Gasteiger partial charge < -0.3 is 0 Å². The monoisotopic (exact) mass is 451 g/mol. The lowest BCUT2D eigenvalue weighted by atomic mass is 10.1. The van der Waals surface area contributed by atoms with Gasteiger partial charge >= 0.3 is 0 Å². The summed E-state index contributed by atoms with van der Waals surface area (Å²) in [6.07, 6.45) is 0.461. The zero-order chi connectivity index (χ0) is 21.8. The van der Waals surface area contributed by atoms with Gasteiger partial charge in [0.25, 0.3) is 11.8 Å². The van der Waals surface area contributed by atoms with Crippen molar-refractivity contribution in [1.29, 1.82) is 0 Å². The van der Waals surface area contributed by atoms with Gasteiger partial charge in [-0.2, -0.15) is 0 Å². The summed E-state index contributed by atoms with van der Waals surface area (Å²) in [7, 11) is 0. The predicted molar refractivity (Wildman–Crippen MR) is 123 cm³/mol. The molecule has 0 bridgehead atoms. The summed E-state index contributed by atoms with van der Waals surface area (Å²) in [5, 5.41) is 0.563. The van der Waals surface area contributed by atoms with E-state index in [9.17, 15) is 14.0 Å². The van der Waals surface area contributed by atoms with Crippen molar-refractivity contribution >= 4 is 40.8 Å². The van der Waals surface area contributed by atoms with Crippen molar-refractivity contribution in [3.05, 3.63) is 111 Å². The average molecular weight is 452 g/mol. The third-order valence-corrected chi connectivity index (χ3v) is 6.42. The molecule has 3 aromatic carbocycles. The summed E-state index contributed by atoms with van der Waals surface area (Å²) in [6, 6.07) is 22.8. The lowest BCUT2D eigenvalue weighted by Gasteiger charge is -2.15. The predicted octanol–water partition coefficient (Wildman–Crippen LogP) is 5.74. The first-order valence-electron chi connectivity index (χ1n) is 9.80. The SMILES string of the molecule is O=C1C(SCc2ccccc2)=C(c2ccc(Cl)cc2)C(=O)N1CCc1ccc(F)cc1. The minimum atomic E-state index is -0.316. The topological polar surface area (TPSA) is 37.4 Å². The van der Waals surface area contributed by atoms with Crippen LogP contribution in [0.4, 0.5) is 4.39 Å². The van der Waals surface area contributed by atoms with Crippen LogP contribution in [-0.4, -0.2) is 23.3 Å². The van der Waals surface area contributed by atoms with E-state index in [0.717, 1.165) is 11.1 Å². The van der Waals surface area contributed by atoms with Crippen molar-refractivity contribution in [2.75, 3.05) is 6.54 Å². The van der Waals surface area contributed by atoms with Crippen LogP contribution < -0.4 is 0 Å². The number of halogens is 2. The van der Waals surface area contributed by atoms with Crippen LogP contribution in [0, 0.1) is 5.82 Å². The molecule has 0 unspecified atom stereocenters. The number of hydrogen-bond donors (Lipinski definition) is 0. The largest absolute Gasteiger partial charge is 0.274 e. The van der Waals surface area contributed by atoms with Crippen molar-refractivity contribution in [1.82, 2.24) is 4.90 Å². The quantitative estimate of drug-likeness (QED) is 0.430. The van der Waals surface area contributed by atoms with Crippen molar-refractivity contribution in [2.45, 2.75) is 12.2 Å². The summed E-state index contributed by atoms with van der Waals surface area (Å²) >= 11 is 7.38. The van der Waals surface area contributed by atoms with E-state index in [4.69, 9.17) is 11.6 Å². The highest BCUT2D eigenvalue weighted by Gasteiger charge is 2.38. The van der Waals surface area contributed by atoms with E-state index in [2.05, 4.69) is 0 Å². The molecule has 0 N–H and O–H groups in total. The minimum Gasteiger partial charge on any atom is -0.274 e. The standard InChI is InChI=1S/C25H19ClFNO2S/c26-20-10-8-19(9-11-20)22-23(31-16-18-4-2-1-3-5-18)25(30)28(24(22)29)15-14-17-6-12-21(27)13-7-17/h1-13H,14-16H2. The lowest BCUT2D eigenvalue weighted by molar-refractivity contribution is -0.136. The van der Waals surface area contributed by atoms with Crippen LogP contribution in [-0.2, 0) is 21.8 Å². The van der Waals surface area contributed by atoms with Crippen molar-refractivity contribution < 1.29 is 14.0 Å². The second-order valence-electron chi connectivity index (χ2n) is 7.12. The number of amides is 2. The van der Waals surface area contributed by atoms with Crippen LogP contribution >= 0.6 is 23.4 Å². The normalized spacial score (nSPS) is 13.9. The van der Waals surface area contributed by atoms with Gasteiger partial charge in [0.1, 0.15) is 5.82 Å². The molecule has 0 saturated heterocycles. The van der Waals surface area contributed by atoms with Crippen LogP contribution in [0.2, 0.25) is 5.02 Å². The fraction of sp³-hybridized carbons (Fsp3) is 0.120. The fourth-order valence-corrected chi connectivity index (χ4v) is 4.60. The minimum absolute atomic E-state index is 0.232. The number of carbonyl (C=O) groups is 2. The van der Waals surface area contributed by atoms with Crippen LogP contribution in [0.15, 0.2) is 83.8 Å². The molecule has 1 aliphatic heterocycles. The summed E-state index contributed by atoms with van der Waals surface area (Å²) in [4.78, 5) is 28.2. The molecular formula is C25H19ClFNO2S. The molecule has 0 saturated carbocycles. The summed E-state index contributed by atoms with van der Waals surface area (Å²) in [5.74, 6) is -0.343. The van der Waals surface area contributed by atoms with E-state index in [1.165, 1.54) is 28.8 Å². The number of rotatable bonds is 7. The summed E-state index contributed by atoms with van der Waals surface area (Å²) < 4.78 is 13.2. The van der Waals surface area contributed by atoms with Gasteiger partial charge in [-0.25, -0.2) is 4.39 Å². The molecule has 156 valence electrons. The average Bonchev–Trinajstić information content (AvgIpc) is 3.02. The van der Waals surface area contributed by atoms with Crippen molar-refractivity contribution in [2.24, 2.45) is 0 Å². The van der Waals surface area contributed by atoms with Crippen LogP contribution in [0.3, 0.4) is 0 Å². The smallest absolute Gasteiger partial charge is 0.268 e. The van der Waals surface area contributed by atoms with Crippen LogP contribution in [0.25, 0.3) is 5.57 Å². The third-order valence-electron chi connectivity index (χ3n) is 5.02. The third kappa shape index (κ3) is 4.89. The molecule has 0 fully saturated rings. The maximum atomic E-state index is 13.2. The summed E-state index contributed by atoms with van der Waals surface area (Å²) in [6.45, 7) is 0.232. The van der Waals surface area contributed by atoms with E-state index in [1.807, 2.05) is 30.3 Å². The number of benzene rings is 3. The Labute approximate surface area is 189 Å². The van der Waals surface area contributed by atoms with E-state index in [-0.39, 0.29) is 24.2 Å². The highest BCUT2D eigenvalue weighted by Crippen LogP contribution is 2.37. The van der Waals surface area contributed by atoms with E-state index < -0.39 is 0 Å². The Kier molecular flexibility index (Phi) is 6.54. The molecule has 2 amide bonds. The molecule has 1 aliphatic rings. The number of thioether (sulfide) groups is 1. The molecule has 0 aromatic heterocycles. The second kappa shape index (κ2) is 9.50. The Morgan fingerprint density at radius 3 is 2.16 bits per heavy atom. The molecule has 1 heterocycles. The van der Waals surface area contributed by atoms with E-state index in [0.29, 0.717) is 33.2 Å². The molecule has 31 heavy (non-hydrogen) atoms. The van der Waals surface area contributed by atoms with E-state index >= 15 is 0 Å². The zero-order valence-electron chi connectivity index (χ0n) is 16.6. The van der Waals surface area contributed by atoms with Gasteiger partial charge in [0, 0.05) is 17.3 Å². The Morgan fingerprint density at radius 1 is 0.806 bits per heavy atom. The molecule has 0 aliphatic carbocycles. The Balaban J connectivity index is 1.59. The van der Waals surface area contributed by atoms with Crippen molar-refractivity contribution in [3.63, 3.8) is 0 Å². The number of imide groups is 1.